The number of nitrogens with one attached hydrogen (secondary N) is 2. The van der Waals surface area contributed by atoms with E-state index in [1.165, 1.54) is 0 Å². The average molecular weight is 230 g/mol. The van der Waals surface area contributed by atoms with Crippen LogP contribution in [0, 0.1) is 0 Å². The molecule has 3 aromatic heterocycles. The number of aromatic nitrogens is 4. The third kappa shape index (κ3) is 1.78. The zero-order chi connectivity index (χ0) is 11.7. The summed E-state index contributed by atoms with van der Waals surface area (Å²) in [5, 5.41) is 3.11. The molecule has 0 aliphatic carbocycles. The van der Waals surface area contributed by atoms with Crippen molar-refractivity contribution in [2.45, 2.75) is 6.54 Å². The first-order chi connectivity index (χ1) is 8.33. The zero-order valence-corrected chi connectivity index (χ0v) is 8.84. The molecule has 0 spiro atoms. The van der Waals surface area contributed by atoms with Gasteiger partial charge in [-0.3, -0.25) is 0 Å². The zero-order valence-electron chi connectivity index (χ0n) is 8.84. The van der Waals surface area contributed by atoms with E-state index in [1.54, 1.807) is 12.6 Å². The predicted molar refractivity (Wildman–Crippen MR) is 62.1 cm³/mol. The summed E-state index contributed by atoms with van der Waals surface area (Å²) >= 11 is 0. The van der Waals surface area contributed by atoms with Crippen molar-refractivity contribution >= 4 is 22.9 Å². The van der Waals surface area contributed by atoms with Crippen LogP contribution in [0.2, 0.25) is 0 Å². The molecule has 7 heteroatoms. The van der Waals surface area contributed by atoms with Gasteiger partial charge >= 0.3 is 0 Å². The topological polar surface area (TPSA) is 106 Å². The Morgan fingerprint density at radius 2 is 2.35 bits per heavy atom. The normalized spacial score (nSPS) is 10.8. The minimum atomic E-state index is 0.198. The third-order valence-corrected chi connectivity index (χ3v) is 2.31. The van der Waals surface area contributed by atoms with Gasteiger partial charge in [-0.15, -0.1) is 0 Å². The molecule has 0 saturated heterocycles. The van der Waals surface area contributed by atoms with E-state index in [2.05, 4.69) is 25.3 Å². The Kier molecular flexibility index (Phi) is 2.14. The van der Waals surface area contributed by atoms with E-state index in [-0.39, 0.29) is 5.95 Å². The number of H-pyrrole nitrogens is 1. The molecule has 0 aliphatic rings. The van der Waals surface area contributed by atoms with Gasteiger partial charge in [0.05, 0.1) is 19.1 Å². The van der Waals surface area contributed by atoms with Crippen molar-refractivity contribution in [3.63, 3.8) is 0 Å². The number of hydrogen-bond acceptors (Lipinski definition) is 6. The Labute approximate surface area is 96.1 Å². The van der Waals surface area contributed by atoms with Crippen LogP contribution in [0.1, 0.15) is 5.76 Å². The summed E-state index contributed by atoms with van der Waals surface area (Å²) in [5.74, 6) is 1.60. The van der Waals surface area contributed by atoms with E-state index in [9.17, 15) is 0 Å². The molecule has 0 radical (unpaired) electrons. The lowest BCUT2D eigenvalue weighted by molar-refractivity contribution is 0.518. The first kappa shape index (κ1) is 9.64. The van der Waals surface area contributed by atoms with E-state index in [0.717, 1.165) is 5.76 Å². The molecule has 3 aromatic rings. The van der Waals surface area contributed by atoms with Crippen molar-refractivity contribution in [2.24, 2.45) is 0 Å². The summed E-state index contributed by atoms with van der Waals surface area (Å²) in [6.45, 7) is 0.519. The highest BCUT2D eigenvalue weighted by molar-refractivity contribution is 5.83. The highest BCUT2D eigenvalue weighted by atomic mass is 16.3. The molecule has 4 N–H and O–H groups in total. The maximum absolute atomic E-state index is 5.60. The van der Waals surface area contributed by atoms with Crippen LogP contribution < -0.4 is 11.1 Å². The molecule has 3 rings (SSSR count). The van der Waals surface area contributed by atoms with Crippen molar-refractivity contribution < 1.29 is 4.42 Å². The highest BCUT2D eigenvalue weighted by Gasteiger charge is 2.08. The lowest BCUT2D eigenvalue weighted by atomic mass is 10.4. The second kappa shape index (κ2) is 3.78. The number of fused-ring (bicyclic) bond motifs is 1. The maximum atomic E-state index is 5.60. The Hall–Kier alpha value is -2.57. The van der Waals surface area contributed by atoms with Gasteiger partial charge < -0.3 is 20.5 Å². The molecule has 0 aliphatic heterocycles. The number of hydrogen-bond donors (Lipinski definition) is 3. The summed E-state index contributed by atoms with van der Waals surface area (Å²) in [4.78, 5) is 15.1. The number of rotatable bonds is 3. The van der Waals surface area contributed by atoms with Crippen LogP contribution >= 0.6 is 0 Å². The van der Waals surface area contributed by atoms with E-state index in [0.29, 0.717) is 23.5 Å². The second-order valence-corrected chi connectivity index (χ2v) is 3.46. The summed E-state index contributed by atoms with van der Waals surface area (Å²) in [5.41, 5.74) is 6.87. The van der Waals surface area contributed by atoms with Crippen LogP contribution in [0.4, 0.5) is 11.8 Å². The first-order valence-corrected chi connectivity index (χ1v) is 5.06. The van der Waals surface area contributed by atoms with E-state index in [4.69, 9.17) is 10.2 Å². The van der Waals surface area contributed by atoms with Crippen LogP contribution in [0.25, 0.3) is 11.2 Å². The van der Waals surface area contributed by atoms with Crippen LogP contribution in [-0.4, -0.2) is 19.9 Å². The molecule has 0 atom stereocenters. The summed E-state index contributed by atoms with van der Waals surface area (Å²) in [6, 6.07) is 3.70. The fourth-order valence-corrected chi connectivity index (χ4v) is 1.56. The fourth-order valence-electron chi connectivity index (χ4n) is 1.56. The molecule has 0 bridgehead atoms. The van der Waals surface area contributed by atoms with Gasteiger partial charge in [0.2, 0.25) is 5.95 Å². The Bertz CT molecular complexity index is 629. The van der Waals surface area contributed by atoms with Gasteiger partial charge in [0.15, 0.2) is 11.5 Å². The van der Waals surface area contributed by atoms with Crippen LogP contribution in [0.5, 0.6) is 0 Å². The quantitative estimate of drug-likeness (QED) is 0.623. The van der Waals surface area contributed by atoms with Crippen LogP contribution in [0.3, 0.4) is 0 Å². The van der Waals surface area contributed by atoms with E-state index >= 15 is 0 Å². The minimum absolute atomic E-state index is 0.198. The standard InChI is InChI=1S/C10H10N6O/c11-10-15-8(7-9(16-10)14-5-13-7)12-4-6-2-1-3-17-6/h1-3,5H,4H2,(H4,11,12,13,14,15,16). The molecular formula is C10H10N6O. The molecule has 0 aromatic carbocycles. The van der Waals surface area contributed by atoms with Gasteiger partial charge in [-0.1, -0.05) is 0 Å². The lowest BCUT2D eigenvalue weighted by Gasteiger charge is -2.04. The molecule has 3 heterocycles. The van der Waals surface area contributed by atoms with Crippen molar-refractivity contribution in [2.75, 3.05) is 11.1 Å². The van der Waals surface area contributed by atoms with Gasteiger partial charge in [0.25, 0.3) is 0 Å². The minimum Gasteiger partial charge on any atom is -0.467 e. The van der Waals surface area contributed by atoms with Crippen LogP contribution in [0.15, 0.2) is 29.1 Å². The van der Waals surface area contributed by atoms with Crippen molar-refractivity contribution in [3.05, 3.63) is 30.5 Å². The number of imidazole rings is 1. The number of nitrogens with zero attached hydrogens (tertiary/aromatic N) is 3. The highest BCUT2D eigenvalue weighted by Crippen LogP contribution is 2.17. The number of nitrogen functional groups attached to an aromatic ring is 1. The van der Waals surface area contributed by atoms with Gasteiger partial charge in [-0.2, -0.15) is 9.97 Å². The van der Waals surface area contributed by atoms with Crippen molar-refractivity contribution in [1.82, 2.24) is 19.9 Å². The molecular weight excluding hydrogens is 220 g/mol. The van der Waals surface area contributed by atoms with Crippen molar-refractivity contribution in [1.29, 1.82) is 0 Å². The lowest BCUT2D eigenvalue weighted by Crippen LogP contribution is -2.04. The van der Waals surface area contributed by atoms with Gasteiger partial charge in [-0.05, 0) is 12.1 Å². The molecule has 17 heavy (non-hydrogen) atoms. The maximum Gasteiger partial charge on any atom is 0.224 e. The molecule has 0 unspecified atom stereocenters. The number of nitrogens with two attached hydrogens (primary N) is 1. The van der Waals surface area contributed by atoms with Crippen LogP contribution in [-0.2, 0) is 6.54 Å². The largest absolute Gasteiger partial charge is 0.467 e. The third-order valence-electron chi connectivity index (χ3n) is 2.31. The first-order valence-electron chi connectivity index (χ1n) is 5.06. The van der Waals surface area contributed by atoms with Crippen molar-refractivity contribution in [3.8, 4) is 0 Å². The number of aromatic amines is 1. The fraction of sp³-hybridized carbons (Fsp3) is 0.100. The van der Waals surface area contributed by atoms with E-state index < -0.39 is 0 Å². The van der Waals surface area contributed by atoms with Gasteiger partial charge in [0.1, 0.15) is 11.3 Å². The molecule has 7 nitrogen and oxygen atoms in total. The SMILES string of the molecule is Nc1nc(NCc2ccco2)c2nc[nH]c2n1. The second-order valence-electron chi connectivity index (χ2n) is 3.46. The average Bonchev–Trinajstić information content (AvgIpc) is 2.95. The van der Waals surface area contributed by atoms with Gasteiger partial charge in [-0.25, -0.2) is 4.98 Å². The smallest absolute Gasteiger partial charge is 0.224 e. The summed E-state index contributed by atoms with van der Waals surface area (Å²) in [6.07, 6.45) is 3.17. The Morgan fingerprint density at radius 1 is 1.41 bits per heavy atom. The number of furan rings is 1. The summed E-state index contributed by atoms with van der Waals surface area (Å²) in [7, 11) is 0. The van der Waals surface area contributed by atoms with Gasteiger partial charge in [0, 0.05) is 0 Å². The Morgan fingerprint density at radius 3 is 3.18 bits per heavy atom. The monoisotopic (exact) mass is 230 g/mol. The molecule has 0 fully saturated rings. The molecule has 0 amide bonds. The molecule has 86 valence electrons. The predicted octanol–water partition coefficient (Wildman–Crippen LogP) is 1.14. The Balaban J connectivity index is 1.91. The number of anilines is 2. The summed E-state index contributed by atoms with van der Waals surface area (Å²) < 4.78 is 5.21. The molecule has 0 saturated carbocycles. The van der Waals surface area contributed by atoms with E-state index in [1.807, 2.05) is 12.1 Å².